The molecule has 0 spiro atoms. The monoisotopic (exact) mass is 607 g/mol. The quantitative estimate of drug-likeness (QED) is 0.330. The minimum Gasteiger partial charge on any atom is -0.483 e. The van der Waals surface area contributed by atoms with Crippen molar-refractivity contribution in [2.24, 2.45) is 0 Å². The Bertz CT molecular complexity index is 1100. The van der Waals surface area contributed by atoms with Crippen molar-refractivity contribution in [1.29, 1.82) is 0 Å². The van der Waals surface area contributed by atoms with Crippen LogP contribution in [0.15, 0.2) is 77.3 Å². The summed E-state index contributed by atoms with van der Waals surface area (Å²) in [5, 5.41) is 7.99. The fourth-order valence-electron chi connectivity index (χ4n) is 2.65. The highest BCUT2D eigenvalue weighted by molar-refractivity contribution is 14.1. The van der Waals surface area contributed by atoms with Gasteiger partial charge in [0.05, 0.1) is 12.1 Å². The molecular formula is C23H19BrIN3O4. The van der Waals surface area contributed by atoms with Gasteiger partial charge in [0.1, 0.15) is 5.75 Å². The van der Waals surface area contributed by atoms with Crippen LogP contribution in [0.1, 0.15) is 10.4 Å². The number of benzene rings is 3. The van der Waals surface area contributed by atoms with Gasteiger partial charge in [0.25, 0.3) is 11.8 Å². The van der Waals surface area contributed by atoms with Gasteiger partial charge >= 0.3 is 0 Å². The van der Waals surface area contributed by atoms with Crippen LogP contribution in [0.3, 0.4) is 0 Å². The van der Waals surface area contributed by atoms with E-state index in [2.05, 4.69) is 54.5 Å². The molecule has 7 nitrogen and oxygen atoms in total. The Morgan fingerprint density at radius 1 is 0.812 bits per heavy atom. The average Bonchev–Trinajstić information content (AvgIpc) is 2.79. The predicted octanol–water partition coefficient (Wildman–Crippen LogP) is 4.44. The molecule has 3 amide bonds. The van der Waals surface area contributed by atoms with Crippen molar-refractivity contribution < 1.29 is 19.1 Å². The number of carbonyl (C=O) groups is 3. The maximum atomic E-state index is 12.6. The zero-order valence-corrected chi connectivity index (χ0v) is 20.5. The summed E-state index contributed by atoms with van der Waals surface area (Å²) in [5.74, 6) is -0.952. The SMILES string of the molecule is O=C(CNC(=O)c1ccccc1OCC(=O)Nc1ccc(I)cc1)Nc1ccc(Br)cc1. The number of rotatable bonds is 8. The molecule has 0 aliphatic rings. The number of hydrogen-bond acceptors (Lipinski definition) is 4. The molecule has 0 heterocycles. The molecule has 164 valence electrons. The molecule has 9 heteroatoms. The minimum atomic E-state index is -0.482. The normalized spacial score (nSPS) is 10.2. The van der Waals surface area contributed by atoms with E-state index >= 15 is 0 Å². The second kappa shape index (κ2) is 11.6. The Kier molecular flexibility index (Phi) is 8.63. The van der Waals surface area contributed by atoms with Crippen molar-refractivity contribution in [1.82, 2.24) is 5.32 Å². The van der Waals surface area contributed by atoms with Crippen LogP contribution in [-0.2, 0) is 9.59 Å². The van der Waals surface area contributed by atoms with Gasteiger partial charge in [-0.3, -0.25) is 14.4 Å². The molecule has 3 aromatic rings. The number of anilines is 2. The van der Waals surface area contributed by atoms with Gasteiger partial charge in [-0.25, -0.2) is 0 Å². The highest BCUT2D eigenvalue weighted by Gasteiger charge is 2.14. The minimum absolute atomic E-state index is 0.212. The first-order valence-corrected chi connectivity index (χ1v) is 11.4. The Labute approximate surface area is 207 Å². The molecule has 3 rings (SSSR count). The number of halogens is 2. The lowest BCUT2D eigenvalue weighted by molar-refractivity contribution is -0.118. The van der Waals surface area contributed by atoms with Crippen molar-refractivity contribution >= 4 is 67.6 Å². The lowest BCUT2D eigenvalue weighted by Gasteiger charge is -2.12. The molecule has 32 heavy (non-hydrogen) atoms. The summed E-state index contributed by atoms with van der Waals surface area (Å²) >= 11 is 5.51. The third-order valence-electron chi connectivity index (χ3n) is 4.16. The van der Waals surface area contributed by atoms with Crippen molar-refractivity contribution in [3.63, 3.8) is 0 Å². The van der Waals surface area contributed by atoms with Gasteiger partial charge in [0.15, 0.2) is 6.61 Å². The van der Waals surface area contributed by atoms with E-state index in [0.29, 0.717) is 11.4 Å². The first kappa shape index (κ1) is 23.7. The van der Waals surface area contributed by atoms with E-state index < -0.39 is 5.91 Å². The number of ether oxygens (including phenoxy) is 1. The standard InChI is InChI=1S/C23H19BrIN3O4/c24-15-5-9-17(10-6-15)27-21(29)13-26-23(31)19-3-1-2-4-20(19)32-14-22(30)28-18-11-7-16(25)8-12-18/h1-12H,13-14H2,(H,26,31)(H,27,29)(H,28,30). The van der Waals surface area contributed by atoms with Crippen LogP contribution >= 0.6 is 38.5 Å². The van der Waals surface area contributed by atoms with Gasteiger partial charge in [0, 0.05) is 19.4 Å². The van der Waals surface area contributed by atoms with Gasteiger partial charge in [0.2, 0.25) is 5.91 Å². The maximum absolute atomic E-state index is 12.6. The maximum Gasteiger partial charge on any atom is 0.262 e. The number of hydrogen-bond donors (Lipinski definition) is 3. The number of nitrogens with one attached hydrogen (secondary N) is 3. The third-order valence-corrected chi connectivity index (χ3v) is 5.40. The van der Waals surface area contributed by atoms with Crippen LogP contribution in [0.4, 0.5) is 11.4 Å². The lowest BCUT2D eigenvalue weighted by atomic mass is 10.2. The summed E-state index contributed by atoms with van der Waals surface area (Å²) in [7, 11) is 0. The molecule has 0 atom stereocenters. The zero-order chi connectivity index (χ0) is 22.9. The highest BCUT2D eigenvalue weighted by atomic mass is 127. The van der Waals surface area contributed by atoms with Crippen LogP contribution in [-0.4, -0.2) is 30.9 Å². The molecule has 3 N–H and O–H groups in total. The molecule has 0 bridgehead atoms. The Hall–Kier alpha value is -2.92. The molecule has 0 saturated heterocycles. The molecule has 0 fully saturated rings. The first-order valence-electron chi connectivity index (χ1n) is 9.51. The summed E-state index contributed by atoms with van der Waals surface area (Å²) < 4.78 is 7.50. The number of amides is 3. The molecule has 0 saturated carbocycles. The van der Waals surface area contributed by atoms with Crippen LogP contribution in [0.2, 0.25) is 0 Å². The van der Waals surface area contributed by atoms with Gasteiger partial charge in [-0.1, -0.05) is 28.1 Å². The Balaban J connectivity index is 1.52. The lowest BCUT2D eigenvalue weighted by Crippen LogP contribution is -2.33. The van der Waals surface area contributed by atoms with E-state index in [-0.39, 0.29) is 36.3 Å². The summed E-state index contributed by atoms with van der Waals surface area (Å²) in [6, 6.07) is 21.0. The molecular weight excluding hydrogens is 589 g/mol. The van der Waals surface area contributed by atoms with Gasteiger partial charge in [-0.05, 0) is 83.3 Å². The number of carbonyl (C=O) groups excluding carboxylic acids is 3. The molecule has 0 aliphatic carbocycles. The second-order valence-electron chi connectivity index (χ2n) is 6.58. The third kappa shape index (κ3) is 7.34. The van der Waals surface area contributed by atoms with Crippen molar-refractivity contribution in [2.45, 2.75) is 0 Å². The van der Waals surface area contributed by atoms with Crippen LogP contribution in [0, 0.1) is 3.57 Å². The summed E-state index contributed by atoms with van der Waals surface area (Å²) in [4.78, 5) is 36.8. The average molecular weight is 608 g/mol. The fraction of sp³-hybridized carbons (Fsp3) is 0.0870. The van der Waals surface area contributed by atoms with E-state index in [1.165, 1.54) is 0 Å². The predicted molar refractivity (Wildman–Crippen MR) is 135 cm³/mol. The summed E-state index contributed by atoms with van der Waals surface area (Å²) in [6.45, 7) is -0.475. The number of para-hydroxylation sites is 1. The molecule has 0 aliphatic heterocycles. The molecule has 3 aromatic carbocycles. The Morgan fingerprint density at radius 2 is 1.41 bits per heavy atom. The van der Waals surface area contributed by atoms with E-state index in [1.807, 2.05) is 12.1 Å². The Morgan fingerprint density at radius 3 is 2.09 bits per heavy atom. The largest absolute Gasteiger partial charge is 0.483 e. The fourth-order valence-corrected chi connectivity index (χ4v) is 3.27. The highest BCUT2D eigenvalue weighted by Crippen LogP contribution is 2.18. The van der Waals surface area contributed by atoms with Crippen molar-refractivity contribution in [3.8, 4) is 5.75 Å². The van der Waals surface area contributed by atoms with Crippen molar-refractivity contribution in [2.75, 3.05) is 23.8 Å². The second-order valence-corrected chi connectivity index (χ2v) is 8.74. The van der Waals surface area contributed by atoms with Crippen LogP contribution < -0.4 is 20.7 Å². The van der Waals surface area contributed by atoms with Crippen LogP contribution in [0.25, 0.3) is 0 Å². The molecule has 0 aromatic heterocycles. The molecule has 0 radical (unpaired) electrons. The topological polar surface area (TPSA) is 96.5 Å². The van der Waals surface area contributed by atoms with E-state index in [9.17, 15) is 14.4 Å². The summed E-state index contributed by atoms with van der Waals surface area (Å²) in [6.07, 6.45) is 0. The van der Waals surface area contributed by atoms with Gasteiger partial charge in [-0.2, -0.15) is 0 Å². The van der Waals surface area contributed by atoms with E-state index in [4.69, 9.17) is 4.74 Å². The van der Waals surface area contributed by atoms with E-state index in [0.717, 1.165) is 8.04 Å². The van der Waals surface area contributed by atoms with Gasteiger partial charge in [-0.15, -0.1) is 0 Å². The van der Waals surface area contributed by atoms with E-state index in [1.54, 1.807) is 60.7 Å². The van der Waals surface area contributed by atoms with Gasteiger partial charge < -0.3 is 20.7 Å². The molecule has 0 unspecified atom stereocenters. The van der Waals surface area contributed by atoms with Crippen molar-refractivity contribution in [3.05, 3.63) is 86.4 Å². The van der Waals surface area contributed by atoms with Crippen LogP contribution in [0.5, 0.6) is 5.75 Å². The summed E-state index contributed by atoms with van der Waals surface area (Å²) in [5.41, 5.74) is 1.50. The zero-order valence-electron chi connectivity index (χ0n) is 16.7. The first-order chi connectivity index (χ1) is 15.4. The smallest absolute Gasteiger partial charge is 0.262 e.